The van der Waals surface area contributed by atoms with Crippen molar-refractivity contribution in [2.24, 2.45) is 5.10 Å². The largest absolute Gasteiger partial charge is 0.545 e. The second-order valence-electron chi connectivity index (χ2n) is 4.72. The summed E-state index contributed by atoms with van der Waals surface area (Å²) in [7, 11) is 0. The maximum absolute atomic E-state index is 11.8. The van der Waals surface area contributed by atoms with Gasteiger partial charge in [-0.25, -0.2) is 5.43 Å². The summed E-state index contributed by atoms with van der Waals surface area (Å²) in [6.07, 6.45) is 0.710. The summed E-state index contributed by atoms with van der Waals surface area (Å²) < 4.78 is 5.46. The molecular formula is C17H15N2O4-. The Kier molecular flexibility index (Phi) is 5.46. The van der Waals surface area contributed by atoms with Crippen LogP contribution >= 0.6 is 0 Å². The van der Waals surface area contributed by atoms with Crippen molar-refractivity contribution in [3.8, 4) is 5.75 Å². The molecule has 0 bridgehead atoms. The van der Waals surface area contributed by atoms with E-state index >= 15 is 0 Å². The molecule has 1 N–H and O–H groups in total. The van der Waals surface area contributed by atoms with Gasteiger partial charge in [-0.05, 0) is 30.2 Å². The first-order valence-electron chi connectivity index (χ1n) is 6.92. The number of benzene rings is 2. The predicted octanol–water partition coefficient (Wildman–Crippen LogP) is 0.968. The number of carbonyl (C=O) groups is 2. The first-order valence-corrected chi connectivity index (χ1v) is 6.92. The van der Waals surface area contributed by atoms with Crippen LogP contribution in [0.15, 0.2) is 59.7 Å². The fourth-order valence-electron chi connectivity index (χ4n) is 1.72. The van der Waals surface area contributed by atoms with Gasteiger partial charge in [0, 0.05) is 0 Å². The second-order valence-corrected chi connectivity index (χ2v) is 4.72. The number of ether oxygens (including phenoxy) is 1. The minimum Gasteiger partial charge on any atom is -0.545 e. The summed E-state index contributed by atoms with van der Waals surface area (Å²) >= 11 is 0. The van der Waals surface area contributed by atoms with E-state index < -0.39 is 18.0 Å². The number of nitrogens with zero attached hydrogens (tertiary/aromatic N) is 1. The number of hydrazone groups is 1. The van der Waals surface area contributed by atoms with Crippen molar-refractivity contribution in [1.82, 2.24) is 5.43 Å². The van der Waals surface area contributed by atoms with Crippen LogP contribution in [0.1, 0.15) is 22.8 Å². The Morgan fingerprint density at radius 1 is 1.13 bits per heavy atom. The summed E-state index contributed by atoms with van der Waals surface area (Å²) in [5, 5.41) is 14.4. The van der Waals surface area contributed by atoms with Crippen LogP contribution < -0.4 is 15.3 Å². The molecule has 6 heteroatoms. The van der Waals surface area contributed by atoms with E-state index in [0.29, 0.717) is 11.3 Å². The molecule has 0 unspecified atom stereocenters. The highest BCUT2D eigenvalue weighted by molar-refractivity contribution is 5.88. The molecule has 2 aromatic carbocycles. The van der Waals surface area contributed by atoms with Gasteiger partial charge < -0.3 is 14.6 Å². The van der Waals surface area contributed by atoms with Crippen molar-refractivity contribution in [3.63, 3.8) is 0 Å². The first-order chi connectivity index (χ1) is 11.1. The van der Waals surface area contributed by atoms with Gasteiger partial charge in [0.25, 0.3) is 5.91 Å². The van der Waals surface area contributed by atoms with Gasteiger partial charge >= 0.3 is 0 Å². The fourth-order valence-corrected chi connectivity index (χ4v) is 1.72. The number of carboxylic acids is 1. The minimum atomic E-state index is -1.24. The molecular weight excluding hydrogens is 296 g/mol. The lowest BCUT2D eigenvalue weighted by Gasteiger charge is -2.12. The number of amides is 1. The zero-order valence-corrected chi connectivity index (χ0v) is 12.4. The number of rotatable bonds is 6. The van der Waals surface area contributed by atoms with Crippen LogP contribution in [0.2, 0.25) is 0 Å². The monoisotopic (exact) mass is 311 g/mol. The minimum absolute atomic E-state index is 0.0797. The average molecular weight is 311 g/mol. The number of carboxylic acid groups (broad SMARTS) is 1. The van der Waals surface area contributed by atoms with E-state index in [1.807, 2.05) is 18.2 Å². The molecule has 6 nitrogen and oxygen atoms in total. The van der Waals surface area contributed by atoms with Crippen LogP contribution in [0.25, 0.3) is 0 Å². The van der Waals surface area contributed by atoms with Crippen molar-refractivity contribution in [2.45, 2.75) is 13.0 Å². The lowest BCUT2D eigenvalue weighted by molar-refractivity contribution is -0.255. The lowest BCUT2D eigenvalue weighted by Crippen LogP contribution is -2.33. The SMILES string of the molecule is C[C@@H](Oc1ccccc1)C(=O)N/N=C\c1ccc(C(=O)[O-])cc1. The third-order valence-electron chi connectivity index (χ3n) is 2.96. The van der Waals surface area contributed by atoms with E-state index in [9.17, 15) is 14.7 Å². The molecule has 0 aromatic heterocycles. The summed E-state index contributed by atoms with van der Waals surface area (Å²) in [6.45, 7) is 1.62. The number of para-hydroxylation sites is 1. The molecule has 2 rings (SSSR count). The van der Waals surface area contributed by atoms with Crippen LogP contribution in [0.5, 0.6) is 5.75 Å². The zero-order chi connectivity index (χ0) is 16.7. The topological polar surface area (TPSA) is 90.8 Å². The first kappa shape index (κ1) is 16.2. The van der Waals surface area contributed by atoms with Crippen molar-refractivity contribution in [1.29, 1.82) is 0 Å². The molecule has 0 saturated heterocycles. The van der Waals surface area contributed by atoms with Gasteiger partial charge in [-0.2, -0.15) is 5.10 Å². The molecule has 118 valence electrons. The van der Waals surface area contributed by atoms with Crippen LogP contribution in [0.4, 0.5) is 0 Å². The molecule has 0 fully saturated rings. The van der Waals surface area contributed by atoms with E-state index in [-0.39, 0.29) is 5.56 Å². The van der Waals surface area contributed by atoms with Gasteiger partial charge in [0.15, 0.2) is 6.10 Å². The molecule has 1 amide bonds. The molecule has 0 saturated carbocycles. The van der Waals surface area contributed by atoms with Crippen molar-refractivity contribution < 1.29 is 19.4 Å². The summed E-state index contributed by atoms with van der Waals surface area (Å²) in [6, 6.07) is 14.9. The van der Waals surface area contributed by atoms with Crippen LogP contribution in [0.3, 0.4) is 0 Å². The van der Waals surface area contributed by atoms with Crippen LogP contribution in [-0.2, 0) is 4.79 Å². The Morgan fingerprint density at radius 2 is 1.78 bits per heavy atom. The Labute approximate surface area is 133 Å². The van der Waals surface area contributed by atoms with Gasteiger partial charge in [0.05, 0.1) is 12.2 Å². The van der Waals surface area contributed by atoms with E-state index in [2.05, 4.69) is 10.5 Å². The second kappa shape index (κ2) is 7.74. The Morgan fingerprint density at radius 3 is 2.39 bits per heavy atom. The number of carbonyl (C=O) groups excluding carboxylic acids is 2. The van der Waals surface area contributed by atoms with Gasteiger partial charge in [0.1, 0.15) is 5.75 Å². The van der Waals surface area contributed by atoms with Crippen molar-refractivity contribution in [2.75, 3.05) is 0 Å². The van der Waals surface area contributed by atoms with Gasteiger partial charge in [0.2, 0.25) is 0 Å². The fraction of sp³-hybridized carbons (Fsp3) is 0.118. The molecule has 1 atom stereocenters. The maximum atomic E-state index is 11.8. The normalized spacial score (nSPS) is 11.9. The molecule has 0 aliphatic heterocycles. The molecule has 0 radical (unpaired) electrons. The molecule has 2 aromatic rings. The summed E-state index contributed by atoms with van der Waals surface area (Å²) in [5.41, 5.74) is 3.09. The zero-order valence-electron chi connectivity index (χ0n) is 12.4. The van der Waals surface area contributed by atoms with Crippen molar-refractivity contribution >= 4 is 18.1 Å². The van der Waals surface area contributed by atoms with Crippen LogP contribution in [-0.4, -0.2) is 24.2 Å². The third kappa shape index (κ3) is 4.96. The lowest BCUT2D eigenvalue weighted by atomic mass is 10.1. The highest BCUT2D eigenvalue weighted by atomic mass is 16.5. The highest BCUT2D eigenvalue weighted by Crippen LogP contribution is 2.10. The number of hydrogen-bond acceptors (Lipinski definition) is 5. The van der Waals surface area contributed by atoms with Gasteiger partial charge in [-0.15, -0.1) is 0 Å². The Balaban J connectivity index is 1.86. The summed E-state index contributed by atoms with van der Waals surface area (Å²) in [5.74, 6) is -1.04. The van der Waals surface area contributed by atoms with Gasteiger partial charge in [-0.1, -0.05) is 42.5 Å². The quantitative estimate of drug-likeness (QED) is 0.635. The number of hydrogen-bond donors (Lipinski definition) is 1. The van der Waals surface area contributed by atoms with Crippen LogP contribution in [0, 0.1) is 0 Å². The highest BCUT2D eigenvalue weighted by Gasteiger charge is 2.13. The van der Waals surface area contributed by atoms with E-state index in [1.54, 1.807) is 31.2 Å². The molecule has 0 spiro atoms. The Hall–Kier alpha value is -3.15. The standard InChI is InChI=1S/C17H16N2O4/c1-12(23-15-5-3-2-4-6-15)16(20)19-18-11-13-7-9-14(10-8-13)17(21)22/h2-12H,1H3,(H,19,20)(H,21,22)/p-1/b18-11-/t12-/m1/s1. The van der Waals surface area contributed by atoms with Crippen molar-refractivity contribution in [3.05, 3.63) is 65.7 Å². The molecule has 23 heavy (non-hydrogen) atoms. The molecule has 0 heterocycles. The third-order valence-corrected chi connectivity index (χ3v) is 2.96. The van der Waals surface area contributed by atoms with E-state index in [1.165, 1.54) is 18.3 Å². The number of nitrogens with one attached hydrogen (secondary N) is 1. The van der Waals surface area contributed by atoms with E-state index in [4.69, 9.17) is 4.74 Å². The smallest absolute Gasteiger partial charge is 0.280 e. The number of aromatic carboxylic acids is 1. The van der Waals surface area contributed by atoms with Gasteiger partial charge in [-0.3, -0.25) is 4.79 Å². The Bertz CT molecular complexity index is 696. The maximum Gasteiger partial charge on any atom is 0.280 e. The predicted molar refractivity (Wildman–Crippen MR) is 83.0 cm³/mol. The van der Waals surface area contributed by atoms with E-state index in [0.717, 1.165) is 0 Å². The molecule has 0 aliphatic carbocycles. The average Bonchev–Trinajstić information content (AvgIpc) is 2.56. The summed E-state index contributed by atoms with van der Waals surface area (Å²) in [4.78, 5) is 22.5. The molecule has 0 aliphatic rings.